The summed E-state index contributed by atoms with van der Waals surface area (Å²) in [5.41, 5.74) is 0.620. The van der Waals surface area contributed by atoms with Crippen molar-refractivity contribution in [3.05, 3.63) is 22.8 Å². The molecule has 0 aromatic carbocycles. The van der Waals surface area contributed by atoms with Crippen molar-refractivity contribution in [3.8, 4) is 0 Å². The Hall–Kier alpha value is -1.29. The third-order valence-corrected chi connectivity index (χ3v) is 3.96. The molecule has 5 heteroatoms. The zero-order chi connectivity index (χ0) is 14.5. The van der Waals surface area contributed by atoms with Crippen molar-refractivity contribution in [1.29, 1.82) is 0 Å². The first-order chi connectivity index (χ1) is 9.65. The third-order valence-electron chi connectivity index (χ3n) is 3.77. The molecule has 1 aromatic rings. The Morgan fingerprint density at radius 2 is 2.10 bits per heavy atom. The summed E-state index contributed by atoms with van der Waals surface area (Å²) in [6.45, 7) is 5.51. The highest BCUT2D eigenvalue weighted by atomic mass is 35.5. The van der Waals surface area contributed by atoms with Gasteiger partial charge in [-0.25, -0.2) is 4.98 Å². The van der Waals surface area contributed by atoms with E-state index >= 15 is 0 Å². The number of carbonyl (C=O) groups excluding carboxylic acids is 1. The Morgan fingerprint density at radius 1 is 1.40 bits per heavy atom. The number of halogens is 1. The molecule has 1 saturated carbocycles. The first-order valence-electron chi connectivity index (χ1n) is 7.38. The first kappa shape index (κ1) is 15.1. The number of pyridine rings is 1. The standard InChI is InChI=1S/C15H22ClN3O/c1-3-17-14-10-11(9-13(16)18-14)15(20)19(4-2)12-7-5-6-8-12/h9-10,12H,3-8H2,1-2H3,(H,17,18). The van der Waals surface area contributed by atoms with Crippen LogP contribution in [0, 0.1) is 0 Å². The van der Waals surface area contributed by atoms with Gasteiger partial charge in [0.2, 0.25) is 0 Å². The Labute approximate surface area is 125 Å². The lowest BCUT2D eigenvalue weighted by atomic mass is 10.1. The number of rotatable bonds is 5. The topological polar surface area (TPSA) is 45.2 Å². The van der Waals surface area contributed by atoms with E-state index in [4.69, 9.17) is 11.6 Å². The number of nitrogens with one attached hydrogen (secondary N) is 1. The molecule has 1 heterocycles. The van der Waals surface area contributed by atoms with Crippen LogP contribution in [0.4, 0.5) is 5.82 Å². The van der Waals surface area contributed by atoms with Crippen molar-refractivity contribution >= 4 is 23.3 Å². The van der Waals surface area contributed by atoms with E-state index in [0.717, 1.165) is 25.9 Å². The van der Waals surface area contributed by atoms with Gasteiger partial charge in [-0.05, 0) is 38.8 Å². The van der Waals surface area contributed by atoms with E-state index in [1.807, 2.05) is 18.7 Å². The normalized spacial score (nSPS) is 15.3. The van der Waals surface area contributed by atoms with Crippen molar-refractivity contribution in [1.82, 2.24) is 9.88 Å². The van der Waals surface area contributed by atoms with Gasteiger partial charge < -0.3 is 10.2 Å². The lowest BCUT2D eigenvalue weighted by molar-refractivity contribution is 0.0693. The van der Waals surface area contributed by atoms with Crippen molar-refractivity contribution in [2.24, 2.45) is 0 Å². The van der Waals surface area contributed by atoms with E-state index in [1.165, 1.54) is 12.8 Å². The lowest BCUT2D eigenvalue weighted by Gasteiger charge is -2.28. The van der Waals surface area contributed by atoms with Crippen LogP contribution in [0.3, 0.4) is 0 Å². The monoisotopic (exact) mass is 295 g/mol. The van der Waals surface area contributed by atoms with Crippen LogP contribution in [0.1, 0.15) is 49.9 Å². The summed E-state index contributed by atoms with van der Waals surface area (Å²) >= 11 is 6.02. The Balaban J connectivity index is 2.21. The fraction of sp³-hybridized carbons (Fsp3) is 0.600. The van der Waals surface area contributed by atoms with Gasteiger partial charge in [-0.1, -0.05) is 24.4 Å². The van der Waals surface area contributed by atoms with Gasteiger partial charge in [-0.15, -0.1) is 0 Å². The number of nitrogens with zero attached hydrogens (tertiary/aromatic N) is 2. The van der Waals surface area contributed by atoms with Gasteiger partial charge in [0.15, 0.2) is 0 Å². The number of carbonyl (C=O) groups is 1. The summed E-state index contributed by atoms with van der Waals surface area (Å²) in [5, 5.41) is 3.46. The van der Waals surface area contributed by atoms with Crippen molar-refractivity contribution in [3.63, 3.8) is 0 Å². The van der Waals surface area contributed by atoms with Gasteiger partial charge in [-0.3, -0.25) is 4.79 Å². The zero-order valence-electron chi connectivity index (χ0n) is 12.2. The molecule has 1 fully saturated rings. The largest absolute Gasteiger partial charge is 0.370 e. The summed E-state index contributed by atoms with van der Waals surface area (Å²) in [6.07, 6.45) is 4.65. The molecule has 1 aliphatic carbocycles. The van der Waals surface area contributed by atoms with E-state index in [2.05, 4.69) is 10.3 Å². The van der Waals surface area contributed by atoms with Gasteiger partial charge >= 0.3 is 0 Å². The highest BCUT2D eigenvalue weighted by Gasteiger charge is 2.26. The highest BCUT2D eigenvalue weighted by molar-refractivity contribution is 6.29. The Bertz CT molecular complexity index is 472. The molecule has 0 saturated heterocycles. The van der Waals surface area contributed by atoms with E-state index in [0.29, 0.717) is 22.6 Å². The van der Waals surface area contributed by atoms with Crippen LogP contribution < -0.4 is 5.32 Å². The predicted octanol–water partition coefficient (Wildman–Crippen LogP) is 3.57. The molecule has 0 atom stereocenters. The van der Waals surface area contributed by atoms with Crippen LogP contribution in [-0.4, -0.2) is 34.9 Å². The maximum atomic E-state index is 12.7. The van der Waals surface area contributed by atoms with Crippen LogP contribution >= 0.6 is 11.6 Å². The quantitative estimate of drug-likeness (QED) is 0.845. The van der Waals surface area contributed by atoms with Gasteiger partial charge in [-0.2, -0.15) is 0 Å². The molecule has 2 rings (SSSR count). The van der Waals surface area contributed by atoms with Crippen LogP contribution in [0.25, 0.3) is 0 Å². The minimum atomic E-state index is 0.0582. The molecule has 1 aromatic heterocycles. The van der Waals surface area contributed by atoms with Gasteiger partial charge in [0.05, 0.1) is 0 Å². The van der Waals surface area contributed by atoms with Crippen molar-refractivity contribution in [2.75, 3.05) is 18.4 Å². The van der Waals surface area contributed by atoms with Gasteiger partial charge in [0.1, 0.15) is 11.0 Å². The Kier molecular flexibility index (Phi) is 5.24. The van der Waals surface area contributed by atoms with Crippen molar-refractivity contribution < 1.29 is 4.79 Å². The second-order valence-electron chi connectivity index (χ2n) is 5.12. The molecule has 110 valence electrons. The molecular weight excluding hydrogens is 274 g/mol. The molecule has 4 nitrogen and oxygen atoms in total. The van der Waals surface area contributed by atoms with Crippen LogP contribution in [0.5, 0.6) is 0 Å². The maximum absolute atomic E-state index is 12.7. The molecule has 0 unspecified atom stereocenters. The number of hydrogen-bond acceptors (Lipinski definition) is 3. The van der Waals surface area contributed by atoms with E-state index in [9.17, 15) is 4.79 Å². The van der Waals surface area contributed by atoms with E-state index < -0.39 is 0 Å². The molecule has 1 aliphatic rings. The van der Waals surface area contributed by atoms with Crippen LogP contribution in [0.2, 0.25) is 5.15 Å². The average molecular weight is 296 g/mol. The number of aromatic nitrogens is 1. The number of anilines is 1. The molecule has 0 radical (unpaired) electrons. The fourth-order valence-corrected chi connectivity index (χ4v) is 3.05. The zero-order valence-corrected chi connectivity index (χ0v) is 12.9. The molecular formula is C15H22ClN3O. The Morgan fingerprint density at radius 3 is 2.70 bits per heavy atom. The maximum Gasteiger partial charge on any atom is 0.254 e. The minimum Gasteiger partial charge on any atom is -0.370 e. The molecule has 0 spiro atoms. The highest BCUT2D eigenvalue weighted by Crippen LogP contribution is 2.25. The summed E-state index contributed by atoms with van der Waals surface area (Å²) in [6, 6.07) is 3.82. The summed E-state index contributed by atoms with van der Waals surface area (Å²) in [4.78, 5) is 18.8. The average Bonchev–Trinajstić information content (AvgIpc) is 2.93. The van der Waals surface area contributed by atoms with Crippen LogP contribution in [-0.2, 0) is 0 Å². The molecule has 0 bridgehead atoms. The van der Waals surface area contributed by atoms with Gasteiger partial charge in [0, 0.05) is 24.7 Å². The predicted molar refractivity (Wildman–Crippen MR) is 82.4 cm³/mol. The molecule has 1 N–H and O–H groups in total. The SMILES string of the molecule is CCNc1cc(C(=O)N(CC)C2CCCC2)cc(Cl)n1. The number of amides is 1. The molecule has 0 aliphatic heterocycles. The number of hydrogen-bond donors (Lipinski definition) is 1. The first-order valence-corrected chi connectivity index (χ1v) is 7.76. The van der Waals surface area contributed by atoms with Crippen molar-refractivity contribution in [2.45, 2.75) is 45.6 Å². The van der Waals surface area contributed by atoms with E-state index in [-0.39, 0.29) is 5.91 Å². The summed E-state index contributed by atoms with van der Waals surface area (Å²) < 4.78 is 0. The van der Waals surface area contributed by atoms with Crippen LogP contribution in [0.15, 0.2) is 12.1 Å². The van der Waals surface area contributed by atoms with E-state index in [1.54, 1.807) is 12.1 Å². The molecule has 20 heavy (non-hydrogen) atoms. The third kappa shape index (κ3) is 3.42. The lowest BCUT2D eigenvalue weighted by Crippen LogP contribution is -2.38. The smallest absolute Gasteiger partial charge is 0.254 e. The second-order valence-corrected chi connectivity index (χ2v) is 5.51. The molecule has 1 amide bonds. The van der Waals surface area contributed by atoms with Gasteiger partial charge in [0.25, 0.3) is 5.91 Å². The summed E-state index contributed by atoms with van der Waals surface area (Å²) in [7, 11) is 0. The minimum absolute atomic E-state index is 0.0582. The second kappa shape index (κ2) is 6.93. The fourth-order valence-electron chi connectivity index (χ4n) is 2.84. The summed E-state index contributed by atoms with van der Waals surface area (Å²) in [5.74, 6) is 0.716.